The molecule has 166 valence electrons. The Bertz CT molecular complexity index is 1100. The minimum atomic E-state index is -0.292. The van der Waals surface area contributed by atoms with Crippen LogP contribution < -0.4 is 0 Å². The number of carbonyl (C=O) groups is 1. The average molecular weight is 427 g/mol. The summed E-state index contributed by atoms with van der Waals surface area (Å²) in [6, 6.07) is 23.3. The van der Waals surface area contributed by atoms with Gasteiger partial charge in [0.05, 0.1) is 12.7 Å². The van der Waals surface area contributed by atoms with Crippen molar-refractivity contribution in [3.8, 4) is 22.3 Å². The van der Waals surface area contributed by atoms with Gasteiger partial charge in [-0.05, 0) is 51.9 Å². The van der Waals surface area contributed by atoms with Crippen molar-refractivity contribution in [2.75, 3.05) is 7.11 Å². The van der Waals surface area contributed by atoms with Crippen LogP contribution in [0.5, 0.6) is 0 Å². The maximum absolute atomic E-state index is 12.4. The molecule has 0 radical (unpaired) electrons. The van der Waals surface area contributed by atoms with Gasteiger partial charge in [0.25, 0.3) is 0 Å². The Kier molecular flexibility index (Phi) is 6.79. The summed E-state index contributed by atoms with van der Waals surface area (Å²) < 4.78 is 5.04. The van der Waals surface area contributed by atoms with Crippen LogP contribution in [-0.4, -0.2) is 13.1 Å². The summed E-state index contributed by atoms with van der Waals surface area (Å²) in [5.41, 5.74) is 8.10. The first-order valence-electron chi connectivity index (χ1n) is 12.0. The molecule has 1 unspecified atom stereocenters. The minimum absolute atomic E-state index is 0.00704. The van der Waals surface area contributed by atoms with E-state index in [0.717, 1.165) is 17.5 Å². The van der Waals surface area contributed by atoms with Crippen LogP contribution >= 0.6 is 0 Å². The van der Waals surface area contributed by atoms with Crippen LogP contribution in [-0.2, 0) is 10.2 Å². The van der Waals surface area contributed by atoms with Gasteiger partial charge in [0.2, 0.25) is 0 Å². The summed E-state index contributed by atoms with van der Waals surface area (Å²) in [6.45, 7) is 4.67. The lowest BCUT2D eigenvalue weighted by molar-refractivity contribution is 0.0601. The molecule has 2 nitrogen and oxygen atoms in total. The van der Waals surface area contributed by atoms with Crippen molar-refractivity contribution in [2.24, 2.45) is 0 Å². The Labute approximate surface area is 192 Å². The predicted octanol–water partition coefficient (Wildman–Crippen LogP) is 8.18. The van der Waals surface area contributed by atoms with Crippen molar-refractivity contribution < 1.29 is 9.53 Å². The van der Waals surface area contributed by atoms with Crippen molar-refractivity contribution in [3.05, 3.63) is 83.4 Å². The lowest BCUT2D eigenvalue weighted by Crippen LogP contribution is -2.20. The lowest BCUT2D eigenvalue weighted by Gasteiger charge is -2.28. The molecule has 0 bridgehead atoms. The fraction of sp³-hybridized carbons (Fsp3) is 0.367. The van der Waals surface area contributed by atoms with E-state index < -0.39 is 0 Å². The van der Waals surface area contributed by atoms with E-state index >= 15 is 0 Å². The Balaban J connectivity index is 1.71. The third-order valence-corrected chi connectivity index (χ3v) is 7.10. The number of hydrogen-bond donors (Lipinski definition) is 0. The monoisotopic (exact) mass is 426 g/mol. The van der Waals surface area contributed by atoms with Crippen LogP contribution in [0.25, 0.3) is 22.3 Å². The van der Waals surface area contributed by atoms with E-state index in [9.17, 15) is 4.79 Å². The van der Waals surface area contributed by atoms with E-state index in [4.69, 9.17) is 4.74 Å². The van der Waals surface area contributed by atoms with Gasteiger partial charge >= 0.3 is 5.97 Å². The quantitative estimate of drug-likeness (QED) is 0.255. The highest BCUT2D eigenvalue weighted by Crippen LogP contribution is 2.52. The number of unbranched alkanes of at least 4 members (excludes halogenated alkanes) is 5. The average Bonchev–Trinajstić information content (AvgIpc) is 3.09. The molecule has 3 aromatic carbocycles. The highest BCUT2D eigenvalue weighted by atomic mass is 16.5. The normalized spacial score (nSPS) is 16.5. The molecule has 2 heteroatoms. The molecule has 4 rings (SSSR count). The first kappa shape index (κ1) is 22.3. The van der Waals surface area contributed by atoms with E-state index in [1.165, 1.54) is 67.9 Å². The maximum Gasteiger partial charge on any atom is 0.338 e. The van der Waals surface area contributed by atoms with Crippen LogP contribution in [0.1, 0.15) is 80.3 Å². The van der Waals surface area contributed by atoms with Gasteiger partial charge in [-0.15, -0.1) is 0 Å². The molecule has 0 saturated heterocycles. The molecule has 1 atom stereocenters. The van der Waals surface area contributed by atoms with E-state index in [0.29, 0.717) is 5.56 Å². The second kappa shape index (κ2) is 9.73. The number of ether oxygens (including phenoxy) is 1. The number of benzene rings is 3. The zero-order chi connectivity index (χ0) is 22.6. The van der Waals surface area contributed by atoms with Crippen molar-refractivity contribution in [3.63, 3.8) is 0 Å². The summed E-state index contributed by atoms with van der Waals surface area (Å²) in [5.74, 6) is -0.292. The highest BCUT2D eigenvalue weighted by molar-refractivity contribution is 5.97. The van der Waals surface area contributed by atoms with Crippen molar-refractivity contribution in [1.82, 2.24) is 0 Å². The number of carbonyl (C=O) groups excluding carboxylic acids is 1. The predicted molar refractivity (Wildman–Crippen MR) is 133 cm³/mol. The number of hydrogen-bond acceptors (Lipinski definition) is 2. The number of fused-ring (bicyclic) bond motifs is 3. The van der Waals surface area contributed by atoms with Gasteiger partial charge in [0.15, 0.2) is 0 Å². The third kappa shape index (κ3) is 4.11. The fourth-order valence-corrected chi connectivity index (χ4v) is 5.30. The molecule has 0 aromatic heterocycles. The first-order chi connectivity index (χ1) is 15.6. The summed E-state index contributed by atoms with van der Waals surface area (Å²) in [7, 11) is 1.44. The summed E-state index contributed by atoms with van der Waals surface area (Å²) in [4.78, 5) is 12.4. The Morgan fingerprint density at radius 1 is 0.781 bits per heavy atom. The standard InChI is InChI=1S/C30H34O2/c1-4-5-6-7-8-13-20-30(2)27-17-12-11-15-24(27)25-19-18-22(21-28(25)30)23-14-9-10-16-26(23)29(31)32-3/h9-12,14-19,21H,4-8,13,20H2,1-3H3. The van der Waals surface area contributed by atoms with E-state index in [1.54, 1.807) is 0 Å². The zero-order valence-corrected chi connectivity index (χ0v) is 19.6. The van der Waals surface area contributed by atoms with Gasteiger partial charge in [0, 0.05) is 5.41 Å². The lowest BCUT2D eigenvalue weighted by atomic mass is 9.75. The smallest absolute Gasteiger partial charge is 0.338 e. The third-order valence-electron chi connectivity index (χ3n) is 7.10. The van der Waals surface area contributed by atoms with Crippen LogP contribution in [0.3, 0.4) is 0 Å². The second-order valence-electron chi connectivity index (χ2n) is 9.19. The molecular weight excluding hydrogens is 392 g/mol. The molecule has 0 saturated carbocycles. The first-order valence-corrected chi connectivity index (χ1v) is 12.0. The summed E-state index contributed by atoms with van der Waals surface area (Å²) >= 11 is 0. The molecule has 0 N–H and O–H groups in total. The Morgan fingerprint density at radius 3 is 2.22 bits per heavy atom. The summed E-state index contributed by atoms with van der Waals surface area (Å²) in [6.07, 6.45) is 8.96. The highest BCUT2D eigenvalue weighted by Gasteiger charge is 2.38. The van der Waals surface area contributed by atoms with Crippen molar-refractivity contribution in [2.45, 2.75) is 64.2 Å². The van der Waals surface area contributed by atoms with Gasteiger partial charge < -0.3 is 4.74 Å². The number of rotatable bonds is 9. The number of esters is 1. The molecule has 0 fully saturated rings. The van der Waals surface area contributed by atoms with Crippen LogP contribution in [0.15, 0.2) is 66.7 Å². The fourth-order valence-electron chi connectivity index (χ4n) is 5.30. The van der Waals surface area contributed by atoms with E-state index in [-0.39, 0.29) is 11.4 Å². The van der Waals surface area contributed by atoms with Crippen LogP contribution in [0.2, 0.25) is 0 Å². The van der Waals surface area contributed by atoms with E-state index in [1.807, 2.05) is 24.3 Å². The summed E-state index contributed by atoms with van der Waals surface area (Å²) in [5, 5.41) is 0. The molecule has 0 heterocycles. The van der Waals surface area contributed by atoms with Gasteiger partial charge in [0.1, 0.15) is 0 Å². The Morgan fingerprint density at radius 2 is 1.44 bits per heavy atom. The van der Waals surface area contributed by atoms with Gasteiger partial charge in [-0.25, -0.2) is 4.79 Å². The van der Waals surface area contributed by atoms with Crippen LogP contribution in [0.4, 0.5) is 0 Å². The number of methoxy groups -OCH3 is 1. The van der Waals surface area contributed by atoms with Gasteiger partial charge in [-0.3, -0.25) is 0 Å². The van der Waals surface area contributed by atoms with Crippen molar-refractivity contribution >= 4 is 5.97 Å². The van der Waals surface area contributed by atoms with Gasteiger partial charge in [-0.2, -0.15) is 0 Å². The van der Waals surface area contributed by atoms with E-state index in [2.05, 4.69) is 56.3 Å². The second-order valence-corrected chi connectivity index (χ2v) is 9.19. The molecule has 32 heavy (non-hydrogen) atoms. The molecule has 0 spiro atoms. The molecular formula is C30H34O2. The molecule has 0 aliphatic heterocycles. The molecule has 1 aliphatic rings. The maximum atomic E-state index is 12.4. The Hall–Kier alpha value is -2.87. The van der Waals surface area contributed by atoms with Crippen LogP contribution in [0, 0.1) is 0 Å². The molecule has 1 aliphatic carbocycles. The molecule has 0 amide bonds. The molecule has 3 aromatic rings. The van der Waals surface area contributed by atoms with Crippen molar-refractivity contribution in [1.29, 1.82) is 0 Å². The van der Waals surface area contributed by atoms with Gasteiger partial charge in [-0.1, -0.05) is 107 Å². The minimum Gasteiger partial charge on any atom is -0.465 e. The SMILES string of the molecule is CCCCCCCCC1(C)c2ccccc2-c2ccc(-c3ccccc3C(=O)OC)cc21. The zero-order valence-electron chi connectivity index (χ0n) is 19.6. The topological polar surface area (TPSA) is 26.3 Å². The largest absolute Gasteiger partial charge is 0.465 e.